The van der Waals surface area contributed by atoms with Crippen LogP contribution in [0.15, 0.2) is 42.5 Å². The first-order valence-corrected chi connectivity index (χ1v) is 7.02. The Morgan fingerprint density at radius 1 is 1.20 bits per heavy atom. The number of fused-ring (bicyclic) bond motifs is 1. The van der Waals surface area contributed by atoms with Crippen molar-refractivity contribution in [3.05, 3.63) is 59.7 Å². The van der Waals surface area contributed by atoms with Gasteiger partial charge in [0, 0.05) is 24.1 Å². The van der Waals surface area contributed by atoms with Crippen LogP contribution in [-0.4, -0.2) is 15.4 Å². The van der Waals surface area contributed by atoms with Gasteiger partial charge in [-0.1, -0.05) is 12.1 Å². The van der Waals surface area contributed by atoms with Gasteiger partial charge in [0.25, 0.3) is 0 Å². The van der Waals surface area contributed by atoms with Gasteiger partial charge in [0.2, 0.25) is 0 Å². The second-order valence-electron chi connectivity index (χ2n) is 4.77. The maximum atomic E-state index is 13.5. The van der Waals surface area contributed by atoms with E-state index in [0.717, 1.165) is 28.1 Å². The zero-order valence-electron chi connectivity index (χ0n) is 11.1. The molecule has 3 aromatic rings. The highest BCUT2D eigenvalue weighted by Gasteiger charge is 2.12. The van der Waals surface area contributed by atoms with Crippen molar-refractivity contribution in [3.8, 4) is 5.69 Å². The van der Waals surface area contributed by atoms with Crippen molar-refractivity contribution in [1.82, 2.24) is 9.55 Å². The van der Waals surface area contributed by atoms with E-state index in [0.29, 0.717) is 12.3 Å². The zero-order valence-corrected chi connectivity index (χ0v) is 11.9. The van der Waals surface area contributed by atoms with Gasteiger partial charge >= 0.3 is 0 Å². The number of halogens is 2. The highest BCUT2D eigenvalue weighted by atomic mass is 35.5. The molecule has 0 aliphatic heterocycles. The summed E-state index contributed by atoms with van der Waals surface area (Å²) in [6.45, 7) is 2.03. The van der Waals surface area contributed by atoms with Crippen LogP contribution < -0.4 is 0 Å². The first-order valence-electron chi connectivity index (χ1n) is 6.49. The molecule has 0 N–H and O–H groups in total. The summed E-state index contributed by atoms with van der Waals surface area (Å²) < 4.78 is 15.5. The summed E-state index contributed by atoms with van der Waals surface area (Å²) in [5.74, 6) is 1.08. The van der Waals surface area contributed by atoms with Crippen LogP contribution in [0.4, 0.5) is 4.39 Å². The van der Waals surface area contributed by atoms with Gasteiger partial charge in [-0.25, -0.2) is 9.37 Å². The highest BCUT2D eigenvalue weighted by molar-refractivity contribution is 6.17. The lowest BCUT2D eigenvalue weighted by atomic mass is 10.2. The van der Waals surface area contributed by atoms with E-state index >= 15 is 0 Å². The first kappa shape index (κ1) is 13.1. The van der Waals surface area contributed by atoms with E-state index in [1.165, 1.54) is 12.1 Å². The molecule has 1 heterocycles. The monoisotopic (exact) mass is 288 g/mol. The molecule has 0 atom stereocenters. The summed E-state index contributed by atoms with van der Waals surface area (Å²) >= 11 is 5.86. The number of aromatic nitrogens is 2. The number of nitrogens with zero attached hydrogens (tertiary/aromatic N) is 2. The molecule has 1 aromatic heterocycles. The summed E-state index contributed by atoms with van der Waals surface area (Å²) in [7, 11) is 0. The number of alkyl halides is 1. The van der Waals surface area contributed by atoms with Gasteiger partial charge in [0.15, 0.2) is 0 Å². The minimum atomic E-state index is -0.260. The van der Waals surface area contributed by atoms with Crippen molar-refractivity contribution in [2.75, 3.05) is 5.88 Å². The summed E-state index contributed by atoms with van der Waals surface area (Å²) in [6.07, 6.45) is 0.645. The van der Waals surface area contributed by atoms with Gasteiger partial charge in [0.1, 0.15) is 11.6 Å². The Kier molecular flexibility index (Phi) is 3.45. The molecule has 20 heavy (non-hydrogen) atoms. The average Bonchev–Trinajstić information content (AvgIpc) is 2.76. The van der Waals surface area contributed by atoms with Crippen LogP contribution in [0.25, 0.3) is 16.7 Å². The Hall–Kier alpha value is -1.87. The molecular weight excluding hydrogens is 275 g/mol. The summed E-state index contributed by atoms with van der Waals surface area (Å²) in [6, 6.07) is 12.7. The van der Waals surface area contributed by atoms with Gasteiger partial charge < -0.3 is 0 Å². The van der Waals surface area contributed by atoms with Crippen molar-refractivity contribution in [3.63, 3.8) is 0 Å². The third-order valence-corrected chi connectivity index (χ3v) is 3.45. The first-order chi connectivity index (χ1) is 9.69. The van der Waals surface area contributed by atoms with E-state index < -0.39 is 0 Å². The quantitative estimate of drug-likeness (QED) is 0.659. The molecule has 0 aliphatic carbocycles. The molecule has 0 spiro atoms. The van der Waals surface area contributed by atoms with Crippen LogP contribution in [-0.2, 0) is 6.42 Å². The predicted molar refractivity (Wildman–Crippen MR) is 80.2 cm³/mol. The van der Waals surface area contributed by atoms with Crippen molar-refractivity contribution in [1.29, 1.82) is 0 Å². The molecule has 0 amide bonds. The molecule has 0 bridgehead atoms. The molecule has 102 valence electrons. The SMILES string of the molecule is Cc1cccc(-n2c(CCCl)nc3ccc(F)cc32)c1. The van der Waals surface area contributed by atoms with Crippen LogP contribution in [0, 0.1) is 12.7 Å². The van der Waals surface area contributed by atoms with Crippen LogP contribution in [0.2, 0.25) is 0 Å². The maximum Gasteiger partial charge on any atom is 0.125 e. The molecule has 2 nitrogen and oxygen atoms in total. The Balaban J connectivity index is 2.30. The molecule has 0 aliphatic rings. The Morgan fingerprint density at radius 2 is 2.05 bits per heavy atom. The minimum absolute atomic E-state index is 0.260. The van der Waals surface area contributed by atoms with Crippen molar-refractivity contribution in [2.45, 2.75) is 13.3 Å². The molecule has 0 unspecified atom stereocenters. The van der Waals surface area contributed by atoms with E-state index in [2.05, 4.69) is 11.1 Å². The Morgan fingerprint density at radius 3 is 2.80 bits per heavy atom. The average molecular weight is 289 g/mol. The molecule has 0 radical (unpaired) electrons. The number of rotatable bonds is 3. The van der Waals surface area contributed by atoms with Crippen LogP contribution in [0.5, 0.6) is 0 Å². The summed E-state index contributed by atoms with van der Waals surface area (Å²) in [5.41, 5.74) is 3.69. The van der Waals surface area contributed by atoms with Crippen LogP contribution in [0.3, 0.4) is 0 Å². The standard InChI is InChI=1S/C16H14ClFN2/c1-11-3-2-4-13(9-11)20-15-10-12(18)5-6-14(15)19-16(20)7-8-17/h2-6,9-10H,7-8H2,1H3. The summed E-state index contributed by atoms with van der Waals surface area (Å²) in [5, 5.41) is 0. The molecule has 2 aromatic carbocycles. The largest absolute Gasteiger partial charge is 0.296 e. The van der Waals surface area contributed by atoms with E-state index in [1.54, 1.807) is 6.07 Å². The Labute approximate surface area is 121 Å². The smallest absolute Gasteiger partial charge is 0.125 e. The van der Waals surface area contributed by atoms with Crippen LogP contribution in [0.1, 0.15) is 11.4 Å². The normalized spacial score (nSPS) is 11.2. The fraction of sp³-hybridized carbons (Fsp3) is 0.188. The number of aryl methyl sites for hydroxylation is 2. The van der Waals surface area contributed by atoms with Crippen molar-refractivity contribution >= 4 is 22.6 Å². The minimum Gasteiger partial charge on any atom is -0.296 e. The van der Waals surface area contributed by atoms with E-state index in [1.807, 2.05) is 29.7 Å². The van der Waals surface area contributed by atoms with Gasteiger partial charge in [-0.2, -0.15) is 0 Å². The predicted octanol–water partition coefficient (Wildman–Crippen LogP) is 4.25. The number of hydrogen-bond acceptors (Lipinski definition) is 1. The fourth-order valence-corrected chi connectivity index (χ4v) is 2.57. The second kappa shape index (κ2) is 5.25. The molecule has 0 fully saturated rings. The van der Waals surface area contributed by atoms with Crippen LogP contribution >= 0.6 is 11.6 Å². The molecule has 4 heteroatoms. The van der Waals surface area contributed by atoms with Crippen molar-refractivity contribution < 1.29 is 4.39 Å². The third kappa shape index (κ3) is 2.29. The lowest BCUT2D eigenvalue weighted by Crippen LogP contribution is -2.02. The number of imidazole rings is 1. The molecule has 3 rings (SSSR count). The number of hydrogen-bond donors (Lipinski definition) is 0. The topological polar surface area (TPSA) is 17.8 Å². The van der Waals surface area contributed by atoms with Crippen molar-refractivity contribution in [2.24, 2.45) is 0 Å². The van der Waals surface area contributed by atoms with Gasteiger partial charge in [-0.3, -0.25) is 4.57 Å². The van der Waals surface area contributed by atoms with Gasteiger partial charge in [-0.05, 0) is 36.8 Å². The zero-order chi connectivity index (χ0) is 14.1. The lowest BCUT2D eigenvalue weighted by molar-refractivity contribution is 0.629. The second-order valence-corrected chi connectivity index (χ2v) is 5.15. The fourth-order valence-electron chi connectivity index (χ4n) is 2.41. The molecule has 0 saturated heterocycles. The highest BCUT2D eigenvalue weighted by Crippen LogP contribution is 2.23. The van der Waals surface area contributed by atoms with E-state index in [9.17, 15) is 4.39 Å². The summed E-state index contributed by atoms with van der Waals surface area (Å²) in [4.78, 5) is 4.56. The maximum absolute atomic E-state index is 13.5. The van der Waals surface area contributed by atoms with E-state index in [4.69, 9.17) is 11.6 Å². The van der Waals surface area contributed by atoms with Gasteiger partial charge in [0.05, 0.1) is 11.0 Å². The Bertz CT molecular complexity index is 764. The van der Waals surface area contributed by atoms with Gasteiger partial charge in [-0.15, -0.1) is 11.6 Å². The third-order valence-electron chi connectivity index (χ3n) is 3.26. The lowest BCUT2D eigenvalue weighted by Gasteiger charge is -2.09. The number of benzene rings is 2. The molecule has 0 saturated carbocycles. The van der Waals surface area contributed by atoms with E-state index in [-0.39, 0.29) is 5.82 Å². The molecular formula is C16H14ClFN2.